The summed E-state index contributed by atoms with van der Waals surface area (Å²) in [7, 11) is 0. The van der Waals surface area contributed by atoms with Gasteiger partial charge >= 0.3 is 0 Å². The van der Waals surface area contributed by atoms with Gasteiger partial charge in [-0.3, -0.25) is 0 Å². The Balaban J connectivity index is 1.95. The third kappa shape index (κ3) is 6.75. The molecular formula is C16H34N2. The first-order chi connectivity index (χ1) is 8.59. The minimum absolute atomic E-state index is 0.784. The van der Waals surface area contributed by atoms with Gasteiger partial charge in [-0.1, -0.05) is 27.7 Å². The maximum Gasteiger partial charge on any atom is 0.00793 e. The van der Waals surface area contributed by atoms with E-state index in [1.165, 1.54) is 38.6 Å². The van der Waals surface area contributed by atoms with Crippen LogP contribution < -0.4 is 10.6 Å². The van der Waals surface area contributed by atoms with Crippen molar-refractivity contribution in [3.63, 3.8) is 0 Å². The molecule has 1 aliphatic rings. The molecule has 0 aromatic rings. The molecule has 0 aliphatic heterocycles. The van der Waals surface area contributed by atoms with Crippen molar-refractivity contribution < 1.29 is 0 Å². The van der Waals surface area contributed by atoms with Crippen LogP contribution in [-0.4, -0.2) is 25.7 Å². The average molecular weight is 254 g/mol. The number of hydrogen-bond acceptors (Lipinski definition) is 2. The highest BCUT2D eigenvalue weighted by Gasteiger charge is 2.22. The average Bonchev–Trinajstić information content (AvgIpc) is 2.34. The molecule has 0 heterocycles. The van der Waals surface area contributed by atoms with Gasteiger partial charge < -0.3 is 10.6 Å². The molecule has 0 amide bonds. The largest absolute Gasteiger partial charge is 0.315 e. The van der Waals surface area contributed by atoms with Gasteiger partial charge in [-0.2, -0.15) is 0 Å². The first-order valence-electron chi connectivity index (χ1n) is 8.03. The molecule has 0 radical (unpaired) electrons. The fourth-order valence-electron chi connectivity index (χ4n) is 2.87. The molecule has 1 aliphatic carbocycles. The highest BCUT2D eigenvalue weighted by molar-refractivity contribution is 4.78. The molecule has 0 unspecified atom stereocenters. The zero-order chi connectivity index (χ0) is 13.4. The van der Waals surface area contributed by atoms with Gasteiger partial charge in [0.05, 0.1) is 0 Å². The third-order valence-electron chi connectivity index (χ3n) is 4.35. The fourth-order valence-corrected chi connectivity index (χ4v) is 2.87. The lowest BCUT2D eigenvalue weighted by atomic mass is 9.80. The van der Waals surface area contributed by atoms with Crippen LogP contribution in [0.5, 0.6) is 0 Å². The van der Waals surface area contributed by atoms with Gasteiger partial charge in [0, 0.05) is 19.1 Å². The summed E-state index contributed by atoms with van der Waals surface area (Å²) in [5, 5.41) is 7.23. The van der Waals surface area contributed by atoms with Crippen molar-refractivity contribution in [1.82, 2.24) is 10.6 Å². The predicted molar refractivity (Wildman–Crippen MR) is 80.9 cm³/mol. The van der Waals surface area contributed by atoms with Crippen molar-refractivity contribution in [2.75, 3.05) is 19.6 Å². The second kappa shape index (κ2) is 8.92. The minimum Gasteiger partial charge on any atom is -0.315 e. The van der Waals surface area contributed by atoms with E-state index in [0.29, 0.717) is 0 Å². The Hall–Kier alpha value is -0.0800. The van der Waals surface area contributed by atoms with Gasteiger partial charge in [0.25, 0.3) is 0 Å². The van der Waals surface area contributed by atoms with Crippen molar-refractivity contribution in [3.05, 3.63) is 0 Å². The van der Waals surface area contributed by atoms with E-state index in [4.69, 9.17) is 0 Å². The van der Waals surface area contributed by atoms with E-state index < -0.39 is 0 Å². The molecule has 0 saturated heterocycles. The van der Waals surface area contributed by atoms with Gasteiger partial charge in [0.1, 0.15) is 0 Å². The fraction of sp³-hybridized carbons (Fsp3) is 1.00. The molecule has 0 spiro atoms. The lowest BCUT2D eigenvalue weighted by Gasteiger charge is -2.31. The summed E-state index contributed by atoms with van der Waals surface area (Å²) in [6, 6.07) is 0.784. The van der Waals surface area contributed by atoms with Crippen molar-refractivity contribution in [1.29, 1.82) is 0 Å². The lowest BCUT2D eigenvalue weighted by molar-refractivity contribution is 0.239. The summed E-state index contributed by atoms with van der Waals surface area (Å²) in [6.07, 6.45) is 6.91. The standard InChI is InChI=1S/C16H34N2/c1-13(2)9-10-17-11-12-18-16-7-5-15(6-8-16)14(3)4/h13-18H,5-12H2,1-4H3. The van der Waals surface area contributed by atoms with Crippen molar-refractivity contribution in [3.8, 4) is 0 Å². The van der Waals surface area contributed by atoms with Crippen LogP contribution in [0.2, 0.25) is 0 Å². The summed E-state index contributed by atoms with van der Waals surface area (Å²) in [5.41, 5.74) is 0. The molecule has 0 aromatic heterocycles. The third-order valence-corrected chi connectivity index (χ3v) is 4.35. The van der Waals surface area contributed by atoms with Gasteiger partial charge in [-0.05, 0) is 56.4 Å². The van der Waals surface area contributed by atoms with Crippen LogP contribution >= 0.6 is 0 Å². The van der Waals surface area contributed by atoms with E-state index in [2.05, 4.69) is 38.3 Å². The Bertz CT molecular complexity index is 193. The number of rotatable bonds is 8. The van der Waals surface area contributed by atoms with E-state index in [1.807, 2.05) is 0 Å². The molecular weight excluding hydrogens is 220 g/mol. The van der Waals surface area contributed by atoms with Crippen LogP contribution in [0.1, 0.15) is 59.8 Å². The highest BCUT2D eigenvalue weighted by atomic mass is 15.0. The Morgan fingerprint density at radius 2 is 1.56 bits per heavy atom. The van der Waals surface area contributed by atoms with Gasteiger partial charge in [-0.25, -0.2) is 0 Å². The molecule has 1 rings (SSSR count). The Labute approximate surface area is 114 Å². The normalized spacial score (nSPS) is 25.0. The molecule has 2 heteroatoms. The lowest BCUT2D eigenvalue weighted by Crippen LogP contribution is -2.38. The Kier molecular flexibility index (Phi) is 7.92. The summed E-state index contributed by atoms with van der Waals surface area (Å²) >= 11 is 0. The monoisotopic (exact) mass is 254 g/mol. The quantitative estimate of drug-likeness (QED) is 0.649. The number of nitrogens with one attached hydrogen (secondary N) is 2. The van der Waals surface area contributed by atoms with E-state index in [0.717, 1.165) is 36.9 Å². The van der Waals surface area contributed by atoms with Crippen LogP contribution in [0, 0.1) is 17.8 Å². The minimum atomic E-state index is 0.784. The first-order valence-corrected chi connectivity index (χ1v) is 8.03. The summed E-state index contributed by atoms with van der Waals surface area (Å²) < 4.78 is 0. The van der Waals surface area contributed by atoms with Gasteiger partial charge in [-0.15, -0.1) is 0 Å². The SMILES string of the molecule is CC(C)CCNCCNC1CCC(C(C)C)CC1. The molecule has 1 fully saturated rings. The molecule has 108 valence electrons. The number of hydrogen-bond donors (Lipinski definition) is 2. The molecule has 2 nitrogen and oxygen atoms in total. The van der Waals surface area contributed by atoms with Gasteiger partial charge in [0.2, 0.25) is 0 Å². The second-order valence-electron chi connectivity index (χ2n) is 6.74. The van der Waals surface area contributed by atoms with E-state index in [1.54, 1.807) is 0 Å². The van der Waals surface area contributed by atoms with Gasteiger partial charge in [0.15, 0.2) is 0 Å². The molecule has 0 atom stereocenters. The maximum absolute atomic E-state index is 3.71. The van der Waals surface area contributed by atoms with Crippen molar-refractivity contribution in [2.45, 2.75) is 65.8 Å². The van der Waals surface area contributed by atoms with Crippen LogP contribution in [0.15, 0.2) is 0 Å². The van der Waals surface area contributed by atoms with Crippen LogP contribution in [-0.2, 0) is 0 Å². The van der Waals surface area contributed by atoms with E-state index in [-0.39, 0.29) is 0 Å². The Morgan fingerprint density at radius 3 is 2.11 bits per heavy atom. The topological polar surface area (TPSA) is 24.1 Å². The van der Waals surface area contributed by atoms with Crippen LogP contribution in [0.4, 0.5) is 0 Å². The smallest absolute Gasteiger partial charge is 0.00793 e. The van der Waals surface area contributed by atoms with E-state index in [9.17, 15) is 0 Å². The molecule has 0 bridgehead atoms. The summed E-state index contributed by atoms with van der Waals surface area (Å²) in [6.45, 7) is 12.7. The summed E-state index contributed by atoms with van der Waals surface area (Å²) in [5.74, 6) is 2.67. The zero-order valence-electron chi connectivity index (χ0n) is 13.0. The summed E-state index contributed by atoms with van der Waals surface area (Å²) in [4.78, 5) is 0. The maximum atomic E-state index is 3.71. The van der Waals surface area contributed by atoms with Crippen LogP contribution in [0.3, 0.4) is 0 Å². The first kappa shape index (κ1) is 16.0. The Morgan fingerprint density at radius 1 is 0.889 bits per heavy atom. The molecule has 1 saturated carbocycles. The zero-order valence-corrected chi connectivity index (χ0v) is 13.0. The van der Waals surface area contributed by atoms with E-state index >= 15 is 0 Å². The van der Waals surface area contributed by atoms with Crippen LogP contribution in [0.25, 0.3) is 0 Å². The van der Waals surface area contributed by atoms with Crippen molar-refractivity contribution in [2.24, 2.45) is 17.8 Å². The second-order valence-corrected chi connectivity index (χ2v) is 6.74. The highest BCUT2D eigenvalue weighted by Crippen LogP contribution is 2.29. The molecule has 2 N–H and O–H groups in total. The molecule has 0 aromatic carbocycles. The predicted octanol–water partition coefficient (Wildman–Crippen LogP) is 3.43. The van der Waals surface area contributed by atoms with Crippen molar-refractivity contribution >= 4 is 0 Å². The molecule has 18 heavy (non-hydrogen) atoms.